The lowest BCUT2D eigenvalue weighted by atomic mass is 10.1. The second-order valence-electron chi connectivity index (χ2n) is 11.4. The smallest absolute Gasteiger partial charge is 0.227 e. The van der Waals surface area contributed by atoms with Gasteiger partial charge in [-0.2, -0.15) is 0 Å². The molecule has 0 radical (unpaired) electrons. The number of para-hydroxylation sites is 4. The minimum absolute atomic E-state index is 0.494. The summed E-state index contributed by atoms with van der Waals surface area (Å²) in [5.41, 5.74) is 7.69. The molecule has 0 N–H and O–H groups in total. The number of fused-ring (bicyclic) bond motifs is 7. The summed E-state index contributed by atoms with van der Waals surface area (Å²) in [5.74, 6) is 2.04. The lowest BCUT2D eigenvalue weighted by Crippen LogP contribution is -2.00. The van der Waals surface area contributed by atoms with Crippen LogP contribution in [0.2, 0.25) is 0 Å². The molecule has 0 saturated heterocycles. The van der Waals surface area contributed by atoms with Crippen LogP contribution in [0.5, 0.6) is 0 Å². The second-order valence-corrected chi connectivity index (χ2v) is 11.4. The zero-order valence-electron chi connectivity index (χ0n) is 24.7. The Bertz CT molecular complexity index is 2680. The fraction of sp³-hybridized carbons (Fsp3) is 0. The number of hydrogen-bond donors (Lipinski definition) is 0. The average Bonchev–Trinajstić information content (AvgIpc) is 3.85. The molecule has 0 aliphatic heterocycles. The van der Waals surface area contributed by atoms with Crippen molar-refractivity contribution < 1.29 is 13.3 Å². The molecule has 0 amide bonds. The lowest BCUT2D eigenvalue weighted by Gasteiger charge is -2.09. The standard InChI is InChI=1S/C40H22N4O3/c1-2-10-23(11-3-1)40-41-31-22-24(20-21-34(31)47-40)37-42-38(29-16-8-14-27-25-12-4-6-18-32(25)45-35(27)29)44-39(43-37)30-17-9-15-28-26-13-5-7-19-33(26)46-36(28)30/h1-22H. The molecule has 0 saturated carbocycles. The Morgan fingerprint density at radius 2 is 0.915 bits per heavy atom. The van der Waals surface area contributed by atoms with Crippen LogP contribution in [0.4, 0.5) is 0 Å². The molecule has 0 fully saturated rings. The summed E-state index contributed by atoms with van der Waals surface area (Å²) in [6.45, 7) is 0. The van der Waals surface area contributed by atoms with Crippen LogP contribution < -0.4 is 0 Å². The molecule has 10 rings (SSSR count). The summed E-state index contributed by atoms with van der Waals surface area (Å²) in [6.07, 6.45) is 0. The second kappa shape index (κ2) is 9.95. The fourth-order valence-corrected chi connectivity index (χ4v) is 6.36. The van der Waals surface area contributed by atoms with E-state index in [1.807, 2.05) is 109 Å². The Balaban J connectivity index is 1.21. The molecule has 6 aromatic carbocycles. The Hall–Kier alpha value is -6.60. The van der Waals surface area contributed by atoms with Gasteiger partial charge in [0.2, 0.25) is 5.89 Å². The van der Waals surface area contributed by atoms with Crippen LogP contribution in [0.1, 0.15) is 0 Å². The third kappa shape index (κ3) is 4.07. The van der Waals surface area contributed by atoms with E-state index in [4.69, 9.17) is 33.2 Å². The van der Waals surface area contributed by atoms with Gasteiger partial charge in [0.25, 0.3) is 0 Å². The summed E-state index contributed by atoms with van der Waals surface area (Å²) >= 11 is 0. The molecule has 0 spiro atoms. The molecule has 0 aliphatic rings. The summed E-state index contributed by atoms with van der Waals surface area (Å²) in [6, 6.07) is 43.9. The van der Waals surface area contributed by atoms with Gasteiger partial charge in [-0.1, -0.05) is 78.9 Å². The van der Waals surface area contributed by atoms with Gasteiger partial charge in [0.1, 0.15) is 27.8 Å². The number of benzene rings is 6. The number of rotatable bonds is 4. The molecule has 0 bridgehead atoms. The first-order valence-corrected chi connectivity index (χ1v) is 15.3. The zero-order valence-corrected chi connectivity index (χ0v) is 24.7. The number of furan rings is 2. The highest BCUT2D eigenvalue weighted by Crippen LogP contribution is 2.38. The van der Waals surface area contributed by atoms with E-state index < -0.39 is 0 Å². The van der Waals surface area contributed by atoms with Crippen LogP contribution in [-0.4, -0.2) is 19.9 Å². The van der Waals surface area contributed by atoms with E-state index in [0.29, 0.717) is 34.5 Å². The SMILES string of the molecule is c1ccc(-c2nc3cc(-c4nc(-c5cccc6c5oc5ccccc56)nc(-c5cccc6c5oc5ccccc56)n4)ccc3o2)cc1. The highest BCUT2D eigenvalue weighted by Gasteiger charge is 2.21. The van der Waals surface area contributed by atoms with Gasteiger partial charge in [-0.25, -0.2) is 19.9 Å². The van der Waals surface area contributed by atoms with E-state index >= 15 is 0 Å². The normalized spacial score (nSPS) is 11.8. The highest BCUT2D eigenvalue weighted by atomic mass is 16.3. The van der Waals surface area contributed by atoms with Crippen molar-refractivity contribution in [2.45, 2.75) is 0 Å². The van der Waals surface area contributed by atoms with Gasteiger partial charge in [0, 0.05) is 32.7 Å². The first-order valence-electron chi connectivity index (χ1n) is 15.3. The predicted molar refractivity (Wildman–Crippen MR) is 184 cm³/mol. The van der Waals surface area contributed by atoms with Gasteiger partial charge in [-0.3, -0.25) is 0 Å². The first-order chi connectivity index (χ1) is 23.3. The molecule has 0 aliphatic carbocycles. The van der Waals surface area contributed by atoms with Gasteiger partial charge in [-0.05, 0) is 54.6 Å². The number of hydrogen-bond acceptors (Lipinski definition) is 7. The molecule has 220 valence electrons. The largest absolute Gasteiger partial charge is 0.455 e. The van der Waals surface area contributed by atoms with E-state index in [1.165, 1.54) is 0 Å². The van der Waals surface area contributed by atoms with Gasteiger partial charge in [0.05, 0.1) is 11.1 Å². The van der Waals surface area contributed by atoms with Crippen LogP contribution in [0.25, 0.3) is 101 Å². The minimum Gasteiger partial charge on any atom is -0.455 e. The Kier molecular flexibility index (Phi) is 5.44. The monoisotopic (exact) mass is 606 g/mol. The topological polar surface area (TPSA) is 91.0 Å². The van der Waals surface area contributed by atoms with E-state index in [1.54, 1.807) is 0 Å². The number of aromatic nitrogens is 4. The maximum absolute atomic E-state index is 6.40. The third-order valence-corrected chi connectivity index (χ3v) is 8.59. The minimum atomic E-state index is 0.494. The van der Waals surface area contributed by atoms with Gasteiger partial charge < -0.3 is 13.3 Å². The summed E-state index contributed by atoms with van der Waals surface area (Å²) in [7, 11) is 0. The summed E-state index contributed by atoms with van der Waals surface area (Å²) < 4.78 is 18.9. The Morgan fingerprint density at radius 1 is 0.362 bits per heavy atom. The highest BCUT2D eigenvalue weighted by molar-refractivity contribution is 6.10. The maximum Gasteiger partial charge on any atom is 0.227 e. The first kappa shape index (κ1) is 25.7. The van der Waals surface area contributed by atoms with Crippen molar-refractivity contribution >= 4 is 55.0 Å². The van der Waals surface area contributed by atoms with Gasteiger partial charge in [-0.15, -0.1) is 0 Å². The average molecular weight is 607 g/mol. The van der Waals surface area contributed by atoms with Crippen LogP contribution in [-0.2, 0) is 0 Å². The van der Waals surface area contributed by atoms with Crippen molar-refractivity contribution in [3.05, 3.63) is 133 Å². The van der Waals surface area contributed by atoms with Crippen LogP contribution >= 0.6 is 0 Å². The van der Waals surface area contributed by atoms with Gasteiger partial charge >= 0.3 is 0 Å². The molecular weight excluding hydrogens is 584 g/mol. The number of oxazole rings is 1. The van der Waals surface area contributed by atoms with Crippen molar-refractivity contribution in [2.75, 3.05) is 0 Å². The van der Waals surface area contributed by atoms with Crippen LogP contribution in [0.3, 0.4) is 0 Å². The molecule has 4 heterocycles. The van der Waals surface area contributed by atoms with Crippen molar-refractivity contribution in [3.63, 3.8) is 0 Å². The van der Waals surface area contributed by atoms with Crippen molar-refractivity contribution in [3.8, 4) is 45.6 Å². The molecule has 7 heteroatoms. The molecule has 0 unspecified atom stereocenters. The fourth-order valence-electron chi connectivity index (χ4n) is 6.36. The Labute approximate surface area is 266 Å². The molecule has 10 aromatic rings. The number of nitrogens with zero attached hydrogens (tertiary/aromatic N) is 4. The molecule has 4 aromatic heterocycles. The van der Waals surface area contributed by atoms with E-state index in [0.717, 1.165) is 66.1 Å². The van der Waals surface area contributed by atoms with E-state index in [2.05, 4.69) is 24.3 Å². The quantitative estimate of drug-likeness (QED) is 0.197. The summed E-state index contributed by atoms with van der Waals surface area (Å²) in [5, 5.41) is 4.07. The molecule has 0 atom stereocenters. The van der Waals surface area contributed by atoms with Gasteiger partial charge in [0.15, 0.2) is 23.1 Å². The van der Waals surface area contributed by atoms with E-state index in [-0.39, 0.29) is 0 Å². The van der Waals surface area contributed by atoms with Crippen LogP contribution in [0, 0.1) is 0 Å². The maximum atomic E-state index is 6.40. The lowest BCUT2D eigenvalue weighted by molar-refractivity contribution is 0.620. The molecule has 7 nitrogen and oxygen atoms in total. The predicted octanol–water partition coefficient (Wildman–Crippen LogP) is 10.5. The van der Waals surface area contributed by atoms with Crippen LogP contribution in [0.15, 0.2) is 147 Å². The molecular formula is C40H22N4O3. The van der Waals surface area contributed by atoms with Crippen molar-refractivity contribution in [2.24, 2.45) is 0 Å². The molecule has 47 heavy (non-hydrogen) atoms. The third-order valence-electron chi connectivity index (χ3n) is 8.59. The van der Waals surface area contributed by atoms with E-state index in [9.17, 15) is 0 Å². The summed E-state index contributed by atoms with van der Waals surface area (Å²) in [4.78, 5) is 19.9. The Morgan fingerprint density at radius 3 is 1.55 bits per heavy atom. The van der Waals surface area contributed by atoms with Crippen molar-refractivity contribution in [1.29, 1.82) is 0 Å². The zero-order chi connectivity index (χ0) is 30.9. The van der Waals surface area contributed by atoms with Crippen molar-refractivity contribution in [1.82, 2.24) is 19.9 Å².